The van der Waals surface area contributed by atoms with Crippen LogP contribution in [-0.4, -0.2) is 17.8 Å². The van der Waals surface area contributed by atoms with Gasteiger partial charge in [-0.15, -0.1) is 0 Å². The van der Waals surface area contributed by atoms with E-state index in [-0.39, 0.29) is 0 Å². The summed E-state index contributed by atoms with van der Waals surface area (Å²) in [5, 5.41) is 3.01. The van der Waals surface area contributed by atoms with Crippen LogP contribution in [0.2, 0.25) is 0 Å². The number of hydrogen-bond donors (Lipinski definition) is 2. The fourth-order valence-electron chi connectivity index (χ4n) is 0.960. The summed E-state index contributed by atoms with van der Waals surface area (Å²) in [7, 11) is 0.786. The minimum atomic E-state index is -1.07. The molecule has 1 rings (SSSR count). The third-order valence-corrected chi connectivity index (χ3v) is 2.88. The van der Waals surface area contributed by atoms with Gasteiger partial charge in [0.05, 0.1) is 4.90 Å². The number of anilines is 1. The third kappa shape index (κ3) is 2.82. The van der Waals surface area contributed by atoms with Crippen LogP contribution in [0.1, 0.15) is 6.92 Å². The first kappa shape index (κ1) is 10.2. The molecule has 4 heteroatoms. The van der Waals surface area contributed by atoms with Crippen molar-refractivity contribution < 1.29 is 4.21 Å². The number of rotatable bonds is 4. The summed E-state index contributed by atoms with van der Waals surface area (Å²) in [5.41, 5.74) is 1.03. The van der Waals surface area contributed by atoms with E-state index in [0.717, 1.165) is 10.6 Å². The Bertz CT molecular complexity index is 284. The van der Waals surface area contributed by atoms with E-state index in [1.165, 1.54) is 0 Å². The van der Waals surface area contributed by atoms with E-state index in [9.17, 15) is 4.21 Å². The predicted molar refractivity (Wildman–Crippen MR) is 56.1 cm³/mol. The number of hydrogen-bond acceptors (Lipinski definition) is 2. The molecule has 0 aliphatic rings. The summed E-state index contributed by atoms with van der Waals surface area (Å²) in [5.74, 6) is 0. The molecule has 0 fully saturated rings. The molecule has 1 aromatic rings. The predicted octanol–water partition coefficient (Wildman–Crippen LogP) is 1.36. The molecule has 13 heavy (non-hydrogen) atoms. The maximum absolute atomic E-state index is 11.4. The van der Waals surface area contributed by atoms with Gasteiger partial charge in [-0.25, -0.2) is 8.93 Å². The van der Waals surface area contributed by atoms with Gasteiger partial charge in [-0.05, 0) is 24.3 Å². The van der Waals surface area contributed by atoms with Crippen LogP contribution in [0.25, 0.3) is 0 Å². The van der Waals surface area contributed by atoms with Crippen molar-refractivity contribution in [3.8, 4) is 0 Å². The maximum atomic E-state index is 11.4. The van der Waals surface area contributed by atoms with Crippen molar-refractivity contribution in [1.29, 1.82) is 0 Å². The standard InChI is InChI=1S/C9H14N2OS/c1-3-11-13(12)9-6-4-8(10-2)5-7-9/h4-7,10-11H,3H2,1-2H3. The summed E-state index contributed by atoms with van der Waals surface area (Å²) in [4.78, 5) is 0.806. The Morgan fingerprint density at radius 2 is 1.92 bits per heavy atom. The van der Waals surface area contributed by atoms with Crippen molar-refractivity contribution in [3.05, 3.63) is 24.3 Å². The SMILES string of the molecule is CCNS(=O)c1ccc(NC)cc1. The van der Waals surface area contributed by atoms with E-state index in [0.29, 0.717) is 6.54 Å². The highest BCUT2D eigenvalue weighted by Gasteiger charge is 2.00. The van der Waals surface area contributed by atoms with Crippen LogP contribution in [0, 0.1) is 0 Å². The fourth-order valence-corrected chi connectivity index (χ4v) is 1.77. The number of benzene rings is 1. The summed E-state index contributed by atoms with van der Waals surface area (Å²) in [6, 6.07) is 7.52. The molecule has 0 radical (unpaired) electrons. The van der Waals surface area contributed by atoms with Crippen molar-refractivity contribution in [2.45, 2.75) is 11.8 Å². The molecule has 3 nitrogen and oxygen atoms in total. The molecular weight excluding hydrogens is 184 g/mol. The third-order valence-electron chi connectivity index (χ3n) is 1.63. The Kier molecular flexibility index (Phi) is 3.92. The quantitative estimate of drug-likeness (QED) is 0.767. The molecule has 1 atom stereocenters. The Morgan fingerprint density at radius 1 is 1.31 bits per heavy atom. The summed E-state index contributed by atoms with van der Waals surface area (Å²) >= 11 is 0. The maximum Gasteiger partial charge on any atom is 0.124 e. The van der Waals surface area contributed by atoms with E-state index in [4.69, 9.17) is 0 Å². The molecule has 0 aromatic heterocycles. The van der Waals surface area contributed by atoms with E-state index in [1.807, 2.05) is 38.2 Å². The zero-order chi connectivity index (χ0) is 9.68. The molecule has 2 N–H and O–H groups in total. The van der Waals surface area contributed by atoms with Gasteiger partial charge in [0, 0.05) is 19.3 Å². The van der Waals surface area contributed by atoms with Crippen LogP contribution in [0.3, 0.4) is 0 Å². The second-order valence-electron chi connectivity index (χ2n) is 2.54. The monoisotopic (exact) mass is 198 g/mol. The van der Waals surface area contributed by atoms with Crippen LogP contribution in [0.4, 0.5) is 5.69 Å². The lowest BCUT2D eigenvalue weighted by Crippen LogP contribution is -2.16. The van der Waals surface area contributed by atoms with Gasteiger partial charge in [-0.2, -0.15) is 0 Å². The van der Waals surface area contributed by atoms with Crippen molar-refractivity contribution in [2.24, 2.45) is 0 Å². The van der Waals surface area contributed by atoms with Gasteiger partial charge in [-0.3, -0.25) is 0 Å². The van der Waals surface area contributed by atoms with Crippen LogP contribution < -0.4 is 10.0 Å². The Morgan fingerprint density at radius 3 is 2.38 bits per heavy atom. The Hall–Kier alpha value is -0.870. The topological polar surface area (TPSA) is 41.1 Å². The zero-order valence-electron chi connectivity index (χ0n) is 7.83. The van der Waals surface area contributed by atoms with Gasteiger partial charge in [0.15, 0.2) is 0 Å². The van der Waals surface area contributed by atoms with Gasteiger partial charge in [0.25, 0.3) is 0 Å². The fraction of sp³-hybridized carbons (Fsp3) is 0.333. The first-order valence-corrected chi connectivity index (χ1v) is 5.36. The van der Waals surface area contributed by atoms with Gasteiger partial charge in [0.1, 0.15) is 11.0 Å². The van der Waals surface area contributed by atoms with Gasteiger partial charge in [-0.1, -0.05) is 6.92 Å². The minimum absolute atomic E-state index is 0.709. The van der Waals surface area contributed by atoms with Crippen LogP contribution in [0.5, 0.6) is 0 Å². The first-order chi connectivity index (χ1) is 6.27. The Balaban J connectivity index is 2.74. The second-order valence-corrected chi connectivity index (χ2v) is 3.84. The Labute approximate surface area is 81.1 Å². The molecule has 0 aliphatic carbocycles. The van der Waals surface area contributed by atoms with E-state index in [2.05, 4.69) is 10.0 Å². The molecule has 0 spiro atoms. The lowest BCUT2D eigenvalue weighted by atomic mass is 10.3. The summed E-state index contributed by atoms with van der Waals surface area (Å²) in [6.45, 7) is 2.64. The van der Waals surface area contributed by atoms with Crippen LogP contribution in [0.15, 0.2) is 29.2 Å². The molecule has 1 aromatic carbocycles. The minimum Gasteiger partial charge on any atom is -0.388 e. The average molecular weight is 198 g/mol. The summed E-state index contributed by atoms with van der Waals surface area (Å²) < 4.78 is 14.3. The number of nitrogens with one attached hydrogen (secondary N) is 2. The molecule has 0 bridgehead atoms. The summed E-state index contributed by atoms with van der Waals surface area (Å²) in [6.07, 6.45) is 0. The van der Waals surface area contributed by atoms with E-state index < -0.39 is 11.0 Å². The van der Waals surface area contributed by atoms with Crippen molar-refractivity contribution in [3.63, 3.8) is 0 Å². The van der Waals surface area contributed by atoms with Crippen LogP contribution >= 0.6 is 0 Å². The molecule has 72 valence electrons. The molecule has 0 amide bonds. The van der Waals surface area contributed by atoms with Gasteiger partial charge in [0.2, 0.25) is 0 Å². The van der Waals surface area contributed by atoms with Gasteiger partial charge < -0.3 is 5.32 Å². The van der Waals surface area contributed by atoms with Crippen LogP contribution in [-0.2, 0) is 11.0 Å². The van der Waals surface area contributed by atoms with Crippen molar-refractivity contribution in [1.82, 2.24) is 4.72 Å². The molecule has 1 unspecified atom stereocenters. The first-order valence-electron chi connectivity index (χ1n) is 4.21. The second kappa shape index (κ2) is 4.99. The highest BCUT2D eigenvalue weighted by Crippen LogP contribution is 2.10. The van der Waals surface area contributed by atoms with E-state index in [1.54, 1.807) is 0 Å². The smallest absolute Gasteiger partial charge is 0.124 e. The molecular formula is C9H14N2OS. The van der Waals surface area contributed by atoms with Crippen molar-refractivity contribution in [2.75, 3.05) is 18.9 Å². The lowest BCUT2D eigenvalue weighted by molar-refractivity contribution is 0.674. The molecule has 0 heterocycles. The van der Waals surface area contributed by atoms with E-state index >= 15 is 0 Å². The highest BCUT2D eigenvalue weighted by atomic mass is 32.2. The zero-order valence-corrected chi connectivity index (χ0v) is 8.65. The van der Waals surface area contributed by atoms with Crippen molar-refractivity contribution >= 4 is 16.7 Å². The lowest BCUT2D eigenvalue weighted by Gasteiger charge is -2.03. The molecule has 0 aliphatic heterocycles. The largest absolute Gasteiger partial charge is 0.388 e. The molecule has 0 saturated carbocycles. The molecule has 0 saturated heterocycles. The average Bonchev–Trinajstić information content (AvgIpc) is 2.18. The van der Waals surface area contributed by atoms with Gasteiger partial charge >= 0.3 is 0 Å². The highest BCUT2D eigenvalue weighted by molar-refractivity contribution is 7.83. The normalized spacial score (nSPS) is 12.5.